The maximum absolute atomic E-state index is 5.89. The van der Waals surface area contributed by atoms with Crippen LogP contribution < -0.4 is 14.8 Å². The van der Waals surface area contributed by atoms with Gasteiger partial charge in [-0.25, -0.2) is 0 Å². The van der Waals surface area contributed by atoms with E-state index in [4.69, 9.17) is 9.47 Å². The van der Waals surface area contributed by atoms with Gasteiger partial charge in [-0.2, -0.15) is 0 Å². The predicted molar refractivity (Wildman–Crippen MR) is 86.6 cm³/mol. The fraction of sp³-hybridized carbons (Fsp3) is 0.625. The standard InChI is InChI=1S/C16H24N2O2.ClH/c1-2-19-15-5-3-4-6-16(15)20-8-7-18-11-13-9-17-10-14(13)12-18;/h3-6,13-14,17H,2,7-12H2,1H3;1H/t13-,14+;. The molecule has 0 bridgehead atoms. The zero-order valence-corrected chi connectivity index (χ0v) is 13.4. The first-order chi connectivity index (χ1) is 9.86. The van der Waals surface area contributed by atoms with E-state index in [1.165, 1.54) is 26.2 Å². The Labute approximate surface area is 133 Å². The van der Waals surface area contributed by atoms with Crippen molar-refractivity contribution in [2.24, 2.45) is 11.8 Å². The van der Waals surface area contributed by atoms with Crippen molar-refractivity contribution in [1.29, 1.82) is 0 Å². The minimum absolute atomic E-state index is 0. The molecule has 4 nitrogen and oxygen atoms in total. The molecule has 1 aromatic carbocycles. The van der Waals surface area contributed by atoms with Gasteiger partial charge in [0.05, 0.1) is 6.61 Å². The number of fused-ring (bicyclic) bond motifs is 1. The van der Waals surface area contributed by atoms with Crippen molar-refractivity contribution in [3.63, 3.8) is 0 Å². The first kappa shape index (κ1) is 16.4. The van der Waals surface area contributed by atoms with Gasteiger partial charge in [-0.05, 0) is 44.0 Å². The Balaban J connectivity index is 0.00000161. The summed E-state index contributed by atoms with van der Waals surface area (Å²) < 4.78 is 11.5. The van der Waals surface area contributed by atoms with Gasteiger partial charge in [0.15, 0.2) is 11.5 Å². The molecule has 1 aromatic rings. The van der Waals surface area contributed by atoms with E-state index in [1.54, 1.807) is 0 Å². The quantitative estimate of drug-likeness (QED) is 0.871. The first-order valence-corrected chi connectivity index (χ1v) is 7.64. The second-order valence-corrected chi connectivity index (χ2v) is 5.67. The second kappa shape index (κ2) is 7.87. The molecule has 2 saturated heterocycles. The summed E-state index contributed by atoms with van der Waals surface area (Å²) in [5, 5.41) is 3.47. The van der Waals surface area contributed by atoms with Crippen molar-refractivity contribution in [2.75, 3.05) is 45.9 Å². The Morgan fingerprint density at radius 3 is 2.33 bits per heavy atom. The van der Waals surface area contributed by atoms with E-state index >= 15 is 0 Å². The van der Waals surface area contributed by atoms with Gasteiger partial charge in [0, 0.05) is 19.6 Å². The van der Waals surface area contributed by atoms with E-state index in [0.29, 0.717) is 6.61 Å². The highest BCUT2D eigenvalue weighted by Crippen LogP contribution is 2.28. The van der Waals surface area contributed by atoms with E-state index in [9.17, 15) is 0 Å². The zero-order valence-electron chi connectivity index (χ0n) is 12.6. The number of nitrogens with one attached hydrogen (secondary N) is 1. The Kier molecular flexibility index (Phi) is 6.15. The second-order valence-electron chi connectivity index (χ2n) is 5.67. The summed E-state index contributed by atoms with van der Waals surface area (Å²) in [4.78, 5) is 2.53. The molecule has 5 heteroatoms. The third-order valence-corrected chi connectivity index (χ3v) is 4.28. The lowest BCUT2D eigenvalue weighted by molar-refractivity contribution is 0.219. The van der Waals surface area contributed by atoms with Crippen LogP contribution in [-0.4, -0.2) is 50.8 Å². The highest BCUT2D eigenvalue weighted by molar-refractivity contribution is 5.85. The predicted octanol–water partition coefficient (Wildman–Crippen LogP) is 2.04. The van der Waals surface area contributed by atoms with Crippen molar-refractivity contribution in [3.8, 4) is 11.5 Å². The summed E-state index contributed by atoms with van der Waals surface area (Å²) >= 11 is 0. The Morgan fingerprint density at radius 1 is 1.10 bits per heavy atom. The fourth-order valence-electron chi connectivity index (χ4n) is 3.26. The molecule has 21 heavy (non-hydrogen) atoms. The molecule has 2 aliphatic rings. The minimum atomic E-state index is 0. The number of likely N-dealkylation sites (tertiary alicyclic amines) is 1. The van der Waals surface area contributed by atoms with Gasteiger partial charge in [-0.15, -0.1) is 12.4 Å². The Morgan fingerprint density at radius 2 is 1.71 bits per heavy atom. The van der Waals surface area contributed by atoms with Crippen LogP contribution in [0.5, 0.6) is 11.5 Å². The molecule has 1 N–H and O–H groups in total. The van der Waals surface area contributed by atoms with Crippen LogP contribution in [-0.2, 0) is 0 Å². The summed E-state index contributed by atoms with van der Waals surface area (Å²) in [6, 6.07) is 7.91. The van der Waals surface area contributed by atoms with E-state index in [1.807, 2.05) is 31.2 Å². The summed E-state index contributed by atoms with van der Waals surface area (Å²) in [5.41, 5.74) is 0. The fourth-order valence-corrected chi connectivity index (χ4v) is 3.26. The molecule has 3 rings (SSSR count). The smallest absolute Gasteiger partial charge is 0.161 e. The normalized spacial score (nSPS) is 24.4. The molecule has 0 spiro atoms. The van der Waals surface area contributed by atoms with Gasteiger partial charge in [-0.3, -0.25) is 4.90 Å². The number of hydrogen-bond acceptors (Lipinski definition) is 4. The lowest BCUT2D eigenvalue weighted by Gasteiger charge is -2.18. The van der Waals surface area contributed by atoms with Crippen LogP contribution in [0.15, 0.2) is 24.3 Å². The van der Waals surface area contributed by atoms with Crippen LogP contribution in [0.3, 0.4) is 0 Å². The van der Waals surface area contributed by atoms with E-state index < -0.39 is 0 Å². The van der Waals surface area contributed by atoms with Crippen molar-refractivity contribution in [3.05, 3.63) is 24.3 Å². The summed E-state index contributed by atoms with van der Waals surface area (Å²) in [7, 11) is 0. The van der Waals surface area contributed by atoms with Crippen LogP contribution in [0.1, 0.15) is 6.92 Å². The third-order valence-electron chi connectivity index (χ3n) is 4.28. The van der Waals surface area contributed by atoms with Crippen LogP contribution in [0.2, 0.25) is 0 Å². The molecule has 2 fully saturated rings. The molecule has 0 unspecified atom stereocenters. The first-order valence-electron chi connectivity index (χ1n) is 7.64. The van der Waals surface area contributed by atoms with Gasteiger partial charge < -0.3 is 14.8 Å². The number of ether oxygens (including phenoxy) is 2. The Hall–Kier alpha value is -0.970. The number of para-hydroxylation sites is 2. The van der Waals surface area contributed by atoms with Crippen LogP contribution >= 0.6 is 12.4 Å². The molecule has 0 amide bonds. The highest BCUT2D eigenvalue weighted by Gasteiger charge is 2.35. The molecular weight excluding hydrogens is 288 g/mol. The lowest BCUT2D eigenvalue weighted by Crippen LogP contribution is -2.29. The van der Waals surface area contributed by atoms with Gasteiger partial charge in [0.1, 0.15) is 6.61 Å². The van der Waals surface area contributed by atoms with Gasteiger partial charge >= 0.3 is 0 Å². The van der Waals surface area contributed by atoms with Crippen molar-refractivity contribution in [1.82, 2.24) is 10.2 Å². The van der Waals surface area contributed by atoms with Crippen molar-refractivity contribution in [2.45, 2.75) is 6.92 Å². The van der Waals surface area contributed by atoms with Gasteiger partial charge in [0.2, 0.25) is 0 Å². The number of rotatable bonds is 6. The SMILES string of the molecule is CCOc1ccccc1OCCN1C[C@H]2CNC[C@H]2C1.Cl. The van der Waals surface area contributed by atoms with E-state index in [-0.39, 0.29) is 12.4 Å². The largest absolute Gasteiger partial charge is 0.490 e. The number of benzene rings is 1. The highest BCUT2D eigenvalue weighted by atomic mass is 35.5. The number of hydrogen-bond donors (Lipinski definition) is 1. The molecule has 0 radical (unpaired) electrons. The summed E-state index contributed by atoms with van der Waals surface area (Å²) in [6.45, 7) is 9.22. The molecule has 2 heterocycles. The van der Waals surface area contributed by atoms with E-state index in [2.05, 4.69) is 10.2 Å². The van der Waals surface area contributed by atoms with Crippen LogP contribution in [0.25, 0.3) is 0 Å². The molecule has 118 valence electrons. The monoisotopic (exact) mass is 312 g/mol. The number of nitrogens with zero attached hydrogens (tertiary/aromatic N) is 1. The third kappa shape index (κ3) is 4.02. The van der Waals surface area contributed by atoms with Crippen molar-refractivity contribution < 1.29 is 9.47 Å². The molecule has 0 aromatic heterocycles. The molecule has 2 atom stereocenters. The number of halogens is 1. The summed E-state index contributed by atoms with van der Waals surface area (Å²) in [6.07, 6.45) is 0. The molecule has 0 aliphatic carbocycles. The Bertz CT molecular complexity index is 432. The average Bonchev–Trinajstić information content (AvgIpc) is 3.02. The van der Waals surface area contributed by atoms with Gasteiger partial charge in [-0.1, -0.05) is 12.1 Å². The lowest BCUT2D eigenvalue weighted by atomic mass is 10.0. The van der Waals surface area contributed by atoms with E-state index in [0.717, 1.165) is 36.5 Å². The van der Waals surface area contributed by atoms with Crippen molar-refractivity contribution >= 4 is 12.4 Å². The van der Waals surface area contributed by atoms with Crippen LogP contribution in [0.4, 0.5) is 0 Å². The van der Waals surface area contributed by atoms with Crippen LogP contribution in [0, 0.1) is 11.8 Å². The molecule has 0 saturated carbocycles. The molecule has 2 aliphatic heterocycles. The topological polar surface area (TPSA) is 33.7 Å². The maximum Gasteiger partial charge on any atom is 0.161 e. The molecular formula is C16H25ClN2O2. The minimum Gasteiger partial charge on any atom is -0.490 e. The maximum atomic E-state index is 5.89. The summed E-state index contributed by atoms with van der Waals surface area (Å²) in [5.74, 6) is 3.41. The average molecular weight is 313 g/mol. The van der Waals surface area contributed by atoms with Gasteiger partial charge in [0.25, 0.3) is 0 Å². The zero-order chi connectivity index (χ0) is 13.8.